The Bertz CT molecular complexity index is 830. The molecule has 0 unspecified atom stereocenters. The predicted octanol–water partition coefficient (Wildman–Crippen LogP) is 4.19. The van der Waals surface area contributed by atoms with Crippen molar-refractivity contribution in [2.24, 2.45) is 5.10 Å². The van der Waals surface area contributed by atoms with Crippen LogP contribution in [-0.4, -0.2) is 12.1 Å². The van der Waals surface area contributed by atoms with Crippen molar-refractivity contribution >= 4 is 23.5 Å². The van der Waals surface area contributed by atoms with Gasteiger partial charge in [-0.25, -0.2) is 5.43 Å². The molecule has 0 aliphatic carbocycles. The summed E-state index contributed by atoms with van der Waals surface area (Å²) >= 11 is 0. The van der Waals surface area contributed by atoms with Gasteiger partial charge in [0.25, 0.3) is 5.91 Å². The van der Waals surface area contributed by atoms with Crippen LogP contribution in [0.4, 0.5) is 11.4 Å². The number of hydrazone groups is 1. The number of anilines is 2. The van der Waals surface area contributed by atoms with Crippen molar-refractivity contribution in [3.63, 3.8) is 0 Å². The fourth-order valence-electron chi connectivity index (χ4n) is 2.23. The number of para-hydroxylation sites is 2. The van der Waals surface area contributed by atoms with Crippen molar-refractivity contribution in [2.45, 2.75) is 0 Å². The highest BCUT2D eigenvalue weighted by Gasteiger charge is 2.10. The first-order chi connectivity index (χ1) is 11.8. The molecule has 0 fully saturated rings. The molecule has 0 radical (unpaired) electrons. The van der Waals surface area contributed by atoms with Gasteiger partial charge in [-0.3, -0.25) is 4.79 Å². The SMILES string of the molecule is O=C(N/N=C\c1ccccc1)c1ccccc1Nc1ccccc1. The molecule has 3 rings (SSSR count). The minimum Gasteiger partial charge on any atom is -0.355 e. The van der Waals surface area contributed by atoms with E-state index in [1.807, 2.05) is 78.9 Å². The molecule has 118 valence electrons. The Balaban J connectivity index is 1.72. The van der Waals surface area contributed by atoms with E-state index in [1.54, 1.807) is 12.3 Å². The van der Waals surface area contributed by atoms with Crippen molar-refractivity contribution < 1.29 is 4.79 Å². The quantitative estimate of drug-likeness (QED) is 0.548. The summed E-state index contributed by atoms with van der Waals surface area (Å²) in [4.78, 5) is 12.4. The maximum atomic E-state index is 12.4. The van der Waals surface area contributed by atoms with E-state index in [9.17, 15) is 4.79 Å². The summed E-state index contributed by atoms with van der Waals surface area (Å²) in [7, 11) is 0. The number of hydrogen-bond donors (Lipinski definition) is 2. The first kappa shape index (κ1) is 15.5. The number of rotatable bonds is 5. The van der Waals surface area contributed by atoms with Crippen molar-refractivity contribution in [1.82, 2.24) is 5.43 Å². The number of nitrogens with one attached hydrogen (secondary N) is 2. The molecule has 3 aromatic carbocycles. The topological polar surface area (TPSA) is 53.5 Å². The average molecular weight is 315 g/mol. The van der Waals surface area contributed by atoms with Crippen molar-refractivity contribution in [1.29, 1.82) is 0 Å². The first-order valence-corrected chi connectivity index (χ1v) is 7.62. The number of nitrogens with zero attached hydrogens (tertiary/aromatic N) is 1. The van der Waals surface area contributed by atoms with Crippen LogP contribution < -0.4 is 10.7 Å². The number of carbonyl (C=O) groups excluding carboxylic acids is 1. The van der Waals surface area contributed by atoms with Gasteiger partial charge in [-0.2, -0.15) is 5.10 Å². The van der Waals surface area contributed by atoms with Crippen LogP contribution in [0.2, 0.25) is 0 Å². The molecule has 24 heavy (non-hydrogen) atoms. The second-order valence-corrected chi connectivity index (χ2v) is 5.15. The van der Waals surface area contributed by atoms with Gasteiger partial charge < -0.3 is 5.32 Å². The average Bonchev–Trinajstić information content (AvgIpc) is 2.64. The smallest absolute Gasteiger partial charge is 0.273 e. The van der Waals surface area contributed by atoms with Gasteiger partial charge in [0, 0.05) is 5.69 Å². The first-order valence-electron chi connectivity index (χ1n) is 7.62. The molecule has 0 heterocycles. The Hall–Kier alpha value is -3.40. The molecule has 0 atom stereocenters. The molecular weight excluding hydrogens is 298 g/mol. The summed E-state index contributed by atoms with van der Waals surface area (Å²) in [6, 6.07) is 26.7. The van der Waals surface area contributed by atoms with Crippen LogP contribution in [0.5, 0.6) is 0 Å². The predicted molar refractivity (Wildman–Crippen MR) is 97.7 cm³/mol. The molecule has 0 aromatic heterocycles. The van der Waals surface area contributed by atoms with Gasteiger partial charge in [0.1, 0.15) is 0 Å². The zero-order chi connectivity index (χ0) is 16.6. The monoisotopic (exact) mass is 315 g/mol. The fraction of sp³-hybridized carbons (Fsp3) is 0. The van der Waals surface area contributed by atoms with Gasteiger partial charge in [0.15, 0.2) is 0 Å². The Labute approximate surface area is 140 Å². The molecule has 0 bridgehead atoms. The molecular formula is C20H17N3O. The van der Waals surface area contributed by atoms with Crippen LogP contribution in [0.25, 0.3) is 0 Å². The summed E-state index contributed by atoms with van der Waals surface area (Å²) < 4.78 is 0. The molecule has 0 aliphatic rings. The summed E-state index contributed by atoms with van der Waals surface area (Å²) in [6.07, 6.45) is 1.62. The molecule has 4 nitrogen and oxygen atoms in total. The van der Waals surface area contributed by atoms with E-state index in [0.29, 0.717) is 5.56 Å². The van der Waals surface area contributed by atoms with Gasteiger partial charge >= 0.3 is 0 Å². The van der Waals surface area contributed by atoms with E-state index in [1.165, 1.54) is 0 Å². The summed E-state index contributed by atoms with van der Waals surface area (Å²) in [5.74, 6) is -0.263. The largest absolute Gasteiger partial charge is 0.355 e. The van der Waals surface area contributed by atoms with Crippen LogP contribution in [0.3, 0.4) is 0 Å². The molecule has 4 heteroatoms. The Morgan fingerprint density at radius 2 is 1.42 bits per heavy atom. The van der Waals surface area contributed by atoms with E-state index in [4.69, 9.17) is 0 Å². The Kier molecular flexibility index (Phi) is 5.00. The summed E-state index contributed by atoms with van der Waals surface area (Å²) in [5.41, 5.74) is 5.68. The van der Waals surface area contributed by atoms with Gasteiger partial charge in [-0.05, 0) is 29.8 Å². The fourth-order valence-corrected chi connectivity index (χ4v) is 2.23. The third kappa shape index (κ3) is 4.08. The molecule has 1 amide bonds. The van der Waals surface area contributed by atoms with Crippen LogP contribution in [0.15, 0.2) is 90.0 Å². The van der Waals surface area contributed by atoms with E-state index >= 15 is 0 Å². The molecule has 0 spiro atoms. The van der Waals surface area contributed by atoms with E-state index < -0.39 is 0 Å². The van der Waals surface area contributed by atoms with Crippen molar-refractivity contribution in [3.8, 4) is 0 Å². The minimum atomic E-state index is -0.263. The van der Waals surface area contributed by atoms with E-state index in [2.05, 4.69) is 15.8 Å². The maximum Gasteiger partial charge on any atom is 0.273 e. The van der Waals surface area contributed by atoms with Gasteiger partial charge in [0.05, 0.1) is 17.5 Å². The minimum absolute atomic E-state index is 0.263. The highest BCUT2D eigenvalue weighted by Crippen LogP contribution is 2.20. The van der Waals surface area contributed by atoms with Crippen LogP contribution >= 0.6 is 0 Å². The van der Waals surface area contributed by atoms with Crippen molar-refractivity contribution in [3.05, 3.63) is 96.1 Å². The zero-order valence-electron chi connectivity index (χ0n) is 13.0. The number of hydrogen-bond acceptors (Lipinski definition) is 3. The molecule has 3 aromatic rings. The third-order valence-corrected chi connectivity index (χ3v) is 3.40. The standard InChI is InChI=1S/C20H17N3O/c24-20(23-21-15-16-9-3-1-4-10-16)18-13-7-8-14-19(18)22-17-11-5-2-6-12-17/h1-15,22H,(H,23,24)/b21-15-. The lowest BCUT2D eigenvalue weighted by atomic mass is 10.1. The Morgan fingerprint density at radius 1 is 0.792 bits per heavy atom. The zero-order valence-corrected chi connectivity index (χ0v) is 13.0. The normalized spacial score (nSPS) is 10.5. The third-order valence-electron chi connectivity index (χ3n) is 3.40. The summed E-state index contributed by atoms with van der Waals surface area (Å²) in [6.45, 7) is 0. The van der Waals surface area contributed by atoms with Gasteiger partial charge in [-0.15, -0.1) is 0 Å². The second-order valence-electron chi connectivity index (χ2n) is 5.15. The lowest BCUT2D eigenvalue weighted by molar-refractivity contribution is 0.0956. The Morgan fingerprint density at radius 3 is 2.17 bits per heavy atom. The second kappa shape index (κ2) is 7.74. The lowest BCUT2D eigenvalue weighted by Gasteiger charge is -2.10. The number of benzene rings is 3. The van der Waals surface area contributed by atoms with E-state index in [-0.39, 0.29) is 5.91 Å². The van der Waals surface area contributed by atoms with Gasteiger partial charge in [0.2, 0.25) is 0 Å². The highest BCUT2D eigenvalue weighted by atomic mass is 16.2. The lowest BCUT2D eigenvalue weighted by Crippen LogP contribution is -2.18. The highest BCUT2D eigenvalue weighted by molar-refractivity contribution is 6.00. The number of amides is 1. The van der Waals surface area contributed by atoms with Crippen LogP contribution in [0, 0.1) is 0 Å². The van der Waals surface area contributed by atoms with Crippen molar-refractivity contribution in [2.75, 3.05) is 5.32 Å². The van der Waals surface area contributed by atoms with Crippen LogP contribution in [0.1, 0.15) is 15.9 Å². The molecule has 0 aliphatic heterocycles. The summed E-state index contributed by atoms with van der Waals surface area (Å²) in [5, 5.41) is 7.26. The molecule has 2 N–H and O–H groups in total. The molecule has 0 saturated heterocycles. The maximum absolute atomic E-state index is 12.4. The van der Waals surface area contributed by atoms with Gasteiger partial charge in [-0.1, -0.05) is 60.7 Å². The van der Waals surface area contributed by atoms with E-state index in [0.717, 1.165) is 16.9 Å². The molecule has 0 saturated carbocycles. The number of carbonyl (C=O) groups is 1. The van der Waals surface area contributed by atoms with Crippen LogP contribution in [-0.2, 0) is 0 Å².